The Morgan fingerprint density at radius 3 is 0.824 bits per heavy atom. The largest absolute Gasteiger partial charge is 0.286 e. The average molecular weight is 260 g/mol. The lowest BCUT2D eigenvalue weighted by Gasteiger charge is -2.47. The number of hydrogen-bond acceptors (Lipinski definition) is 3. The van der Waals surface area contributed by atoms with E-state index in [1.54, 1.807) is 0 Å². The van der Waals surface area contributed by atoms with Crippen molar-refractivity contribution in [2.75, 3.05) is 0 Å². The molecule has 0 aliphatic heterocycles. The molecule has 0 bridgehead atoms. The molecule has 104 valence electrons. The fourth-order valence-corrected chi connectivity index (χ4v) is 4.59. The predicted octanol–water partition coefficient (Wildman–Crippen LogP) is 1.13. The van der Waals surface area contributed by atoms with Gasteiger partial charge in [-0.15, -0.1) is 0 Å². The van der Waals surface area contributed by atoms with Crippen molar-refractivity contribution in [1.29, 1.82) is 0 Å². The molecule has 0 saturated carbocycles. The monoisotopic (exact) mass is 259 g/mol. The molecule has 0 aromatic rings. The van der Waals surface area contributed by atoms with Crippen molar-refractivity contribution in [2.45, 2.75) is 84.3 Å². The molecule has 0 unspecified atom stereocenters. The number of rotatable bonds is 3. The first-order chi connectivity index (χ1) is 7.12. The Kier molecular flexibility index (Phi) is 5.03. The van der Waals surface area contributed by atoms with E-state index < -0.39 is 0 Å². The third-order valence-corrected chi connectivity index (χ3v) is 2.62. The maximum atomic E-state index is 3.69. The molecular weight excluding hydrogens is 226 g/mol. The summed E-state index contributed by atoms with van der Waals surface area (Å²) in [6, 6.07) is 0. The van der Waals surface area contributed by atoms with E-state index in [2.05, 4.69) is 78.3 Å². The van der Waals surface area contributed by atoms with Crippen LogP contribution in [-0.2, 0) is 0 Å². The summed E-state index contributed by atoms with van der Waals surface area (Å²) in [4.78, 5) is 0. The molecule has 0 saturated heterocycles. The third-order valence-electron chi connectivity index (χ3n) is 1.88. The van der Waals surface area contributed by atoms with Gasteiger partial charge in [-0.05, 0) is 62.3 Å². The van der Waals surface area contributed by atoms with Gasteiger partial charge in [0.2, 0.25) is 0 Å². The van der Waals surface area contributed by atoms with Gasteiger partial charge in [-0.2, -0.15) is 0 Å². The molecule has 0 spiro atoms. The lowest BCUT2D eigenvalue weighted by molar-refractivity contribution is 0.156. The first kappa shape index (κ1) is 17.1. The van der Waals surface area contributed by atoms with Crippen LogP contribution in [0.25, 0.3) is 0 Å². The van der Waals surface area contributed by atoms with Crippen molar-refractivity contribution in [2.24, 2.45) is 0 Å². The van der Waals surface area contributed by atoms with Crippen LogP contribution in [0, 0.1) is 0 Å². The quantitative estimate of drug-likeness (QED) is 0.525. The SMILES string of the molecule is CC(C)(C)NC([SiH3])(NC(C)(C)C)NC(C)(C)C. The van der Waals surface area contributed by atoms with Gasteiger partial charge >= 0.3 is 0 Å². The Morgan fingerprint density at radius 2 is 0.706 bits per heavy atom. The Labute approximate surface area is 111 Å². The van der Waals surface area contributed by atoms with Crippen LogP contribution in [0.5, 0.6) is 0 Å². The highest BCUT2D eigenvalue weighted by molar-refractivity contribution is 6.14. The molecule has 0 atom stereocenters. The fraction of sp³-hybridized carbons (Fsp3) is 1.00. The zero-order chi connectivity index (χ0) is 14.1. The third kappa shape index (κ3) is 9.77. The number of nitrogens with one attached hydrogen (secondary N) is 3. The van der Waals surface area contributed by atoms with Crippen molar-refractivity contribution in [1.82, 2.24) is 16.0 Å². The van der Waals surface area contributed by atoms with Crippen molar-refractivity contribution in [3.8, 4) is 0 Å². The maximum Gasteiger partial charge on any atom is 0.0983 e. The second kappa shape index (κ2) is 5.00. The van der Waals surface area contributed by atoms with Crippen LogP contribution < -0.4 is 16.0 Å². The summed E-state index contributed by atoms with van der Waals surface area (Å²) in [5.74, 6) is 0. The molecule has 4 heteroatoms. The van der Waals surface area contributed by atoms with Gasteiger partial charge in [0.05, 0.1) is 15.7 Å². The minimum atomic E-state index is -0.158. The Balaban J connectivity index is 4.95. The highest BCUT2D eigenvalue weighted by atomic mass is 28.1. The minimum Gasteiger partial charge on any atom is -0.286 e. The summed E-state index contributed by atoms with van der Waals surface area (Å²) in [5, 5.41) is 11.1. The summed E-state index contributed by atoms with van der Waals surface area (Å²) in [6.07, 6.45) is 0. The van der Waals surface area contributed by atoms with Crippen LogP contribution in [0.2, 0.25) is 0 Å². The van der Waals surface area contributed by atoms with Gasteiger partial charge in [0.25, 0.3) is 0 Å². The highest BCUT2D eigenvalue weighted by Gasteiger charge is 2.34. The van der Waals surface area contributed by atoms with Gasteiger partial charge in [0, 0.05) is 16.6 Å². The second-order valence-corrected chi connectivity index (χ2v) is 9.75. The van der Waals surface area contributed by atoms with E-state index in [4.69, 9.17) is 0 Å². The molecule has 17 heavy (non-hydrogen) atoms. The van der Waals surface area contributed by atoms with Gasteiger partial charge in [-0.1, -0.05) is 0 Å². The molecule has 0 radical (unpaired) electrons. The Hall–Kier alpha value is 0.0969. The van der Waals surface area contributed by atoms with E-state index in [1.807, 2.05) is 0 Å². The molecule has 0 aliphatic carbocycles. The van der Waals surface area contributed by atoms with E-state index in [0.29, 0.717) is 0 Å². The summed E-state index contributed by atoms with van der Waals surface area (Å²) < 4.78 is 0. The van der Waals surface area contributed by atoms with Crippen molar-refractivity contribution in [3.63, 3.8) is 0 Å². The lowest BCUT2D eigenvalue weighted by Crippen LogP contribution is -2.76. The van der Waals surface area contributed by atoms with E-state index in [-0.39, 0.29) is 22.0 Å². The summed E-state index contributed by atoms with van der Waals surface area (Å²) in [5.41, 5.74) is 0.0868. The Morgan fingerprint density at radius 1 is 0.529 bits per heavy atom. The molecule has 0 heterocycles. The maximum absolute atomic E-state index is 3.69. The topological polar surface area (TPSA) is 36.1 Å². The van der Waals surface area contributed by atoms with E-state index in [9.17, 15) is 0 Å². The van der Waals surface area contributed by atoms with Gasteiger partial charge < -0.3 is 0 Å². The van der Waals surface area contributed by atoms with Crippen LogP contribution in [0.1, 0.15) is 62.3 Å². The van der Waals surface area contributed by atoms with Crippen molar-refractivity contribution >= 4 is 10.2 Å². The van der Waals surface area contributed by atoms with Gasteiger partial charge in [-0.25, -0.2) is 0 Å². The summed E-state index contributed by atoms with van der Waals surface area (Å²) in [7, 11) is 0.978. The van der Waals surface area contributed by atoms with Crippen LogP contribution in [0.3, 0.4) is 0 Å². The van der Waals surface area contributed by atoms with Gasteiger partial charge in [-0.3, -0.25) is 16.0 Å². The van der Waals surface area contributed by atoms with Crippen LogP contribution in [0.4, 0.5) is 0 Å². The summed E-state index contributed by atoms with van der Waals surface area (Å²) in [6.45, 7) is 19.8. The zero-order valence-corrected chi connectivity index (χ0v) is 15.5. The van der Waals surface area contributed by atoms with Gasteiger partial charge in [0.15, 0.2) is 0 Å². The highest BCUT2D eigenvalue weighted by Crippen LogP contribution is 2.13. The number of hydrogen-bond donors (Lipinski definition) is 3. The van der Waals surface area contributed by atoms with Crippen LogP contribution >= 0.6 is 0 Å². The van der Waals surface area contributed by atoms with E-state index in [0.717, 1.165) is 10.2 Å². The van der Waals surface area contributed by atoms with Crippen molar-refractivity contribution in [3.05, 3.63) is 0 Å². The minimum absolute atomic E-state index is 0.0816. The zero-order valence-electron chi connectivity index (χ0n) is 13.5. The normalized spacial score (nSPS) is 15.4. The molecule has 0 fully saturated rings. The second-order valence-electron chi connectivity index (χ2n) is 8.25. The van der Waals surface area contributed by atoms with Crippen molar-refractivity contribution < 1.29 is 0 Å². The van der Waals surface area contributed by atoms with Crippen LogP contribution in [0.15, 0.2) is 0 Å². The lowest BCUT2D eigenvalue weighted by atomic mass is 10.1. The standard InChI is InChI=1S/C13H33N3Si/c1-10(2,3)14-13(17,15-11(4,5)6)16-12(7,8)9/h14-16H,1-9,17H3. The predicted molar refractivity (Wildman–Crippen MR) is 81.3 cm³/mol. The van der Waals surface area contributed by atoms with Crippen LogP contribution in [-0.4, -0.2) is 32.3 Å². The first-order valence-corrected chi connectivity index (χ1v) is 7.50. The molecule has 3 N–H and O–H groups in total. The summed E-state index contributed by atoms with van der Waals surface area (Å²) >= 11 is 0. The Bertz CT molecular complexity index is 202. The van der Waals surface area contributed by atoms with E-state index >= 15 is 0 Å². The first-order valence-electron chi connectivity index (χ1n) is 6.50. The van der Waals surface area contributed by atoms with E-state index in [1.165, 1.54) is 0 Å². The molecule has 0 aromatic carbocycles. The molecule has 0 aliphatic rings. The molecule has 3 nitrogen and oxygen atoms in total. The van der Waals surface area contributed by atoms with Gasteiger partial charge in [0.1, 0.15) is 0 Å². The average Bonchev–Trinajstić information content (AvgIpc) is 1.65. The molecule has 0 aromatic heterocycles. The fourth-order valence-electron chi connectivity index (χ4n) is 2.34. The molecule has 0 amide bonds. The molecular formula is C13H33N3Si. The smallest absolute Gasteiger partial charge is 0.0983 e. The molecule has 0 rings (SSSR count).